The molecule has 88 valence electrons. The zero-order valence-electron chi connectivity index (χ0n) is 9.96. The highest BCUT2D eigenvalue weighted by atomic mass is 16.3. The Kier molecular flexibility index (Phi) is 4.38. The summed E-state index contributed by atoms with van der Waals surface area (Å²) in [4.78, 5) is 1.65. The lowest BCUT2D eigenvalue weighted by Gasteiger charge is -2.29. The number of hydrogen-bond acceptors (Lipinski definition) is 3. The Morgan fingerprint density at radius 2 is 1.88 bits per heavy atom. The highest BCUT2D eigenvalue weighted by molar-refractivity contribution is 5.19. The zero-order chi connectivity index (χ0) is 12.1. The van der Waals surface area contributed by atoms with Gasteiger partial charge >= 0.3 is 0 Å². The second-order valence-electron chi connectivity index (χ2n) is 3.85. The van der Waals surface area contributed by atoms with Gasteiger partial charge in [0.05, 0.1) is 12.1 Å². The first kappa shape index (κ1) is 12.6. The Morgan fingerprint density at radius 1 is 1.31 bits per heavy atom. The van der Waals surface area contributed by atoms with Crippen LogP contribution >= 0.6 is 0 Å². The maximum atomic E-state index is 10.1. The molecule has 0 aliphatic carbocycles. The number of aliphatic hydroxyl groups is 2. The van der Waals surface area contributed by atoms with Gasteiger partial charge in [-0.1, -0.05) is 30.3 Å². The molecule has 0 aliphatic heterocycles. The highest BCUT2D eigenvalue weighted by Crippen LogP contribution is 2.21. The molecule has 1 rings (SSSR count). The Morgan fingerprint density at radius 3 is 2.38 bits per heavy atom. The first-order chi connectivity index (χ1) is 7.57. The van der Waals surface area contributed by atoms with E-state index in [9.17, 15) is 10.2 Å². The molecule has 1 aromatic carbocycles. The van der Waals surface area contributed by atoms with E-state index in [4.69, 9.17) is 0 Å². The predicted molar refractivity (Wildman–Crippen MR) is 65.0 cm³/mol. The van der Waals surface area contributed by atoms with Gasteiger partial charge in [0.2, 0.25) is 0 Å². The van der Waals surface area contributed by atoms with E-state index in [1.54, 1.807) is 24.9 Å². The number of hydrogen-bond donors (Lipinski definition) is 2. The van der Waals surface area contributed by atoms with Crippen molar-refractivity contribution in [1.82, 2.24) is 4.90 Å². The lowest BCUT2D eigenvalue weighted by Crippen LogP contribution is -2.33. The number of aliphatic hydroxyl groups excluding tert-OH is 2. The minimum absolute atomic E-state index is 0.169. The Labute approximate surface area is 96.6 Å². The number of benzene rings is 1. The second kappa shape index (κ2) is 5.56. The minimum Gasteiger partial charge on any atom is -0.495 e. The molecule has 3 nitrogen and oxygen atoms in total. The summed E-state index contributed by atoms with van der Waals surface area (Å²) in [5.41, 5.74) is 0.853. The third-order valence-electron chi connectivity index (χ3n) is 2.83. The van der Waals surface area contributed by atoms with Crippen LogP contribution in [0.3, 0.4) is 0 Å². The van der Waals surface area contributed by atoms with Crippen molar-refractivity contribution < 1.29 is 10.2 Å². The van der Waals surface area contributed by atoms with Gasteiger partial charge in [0.15, 0.2) is 5.88 Å². The fraction of sp³-hybridized carbons (Fsp3) is 0.385. The molecule has 1 aromatic rings. The molecule has 2 N–H and O–H groups in total. The molecule has 3 heteroatoms. The summed E-state index contributed by atoms with van der Waals surface area (Å²) in [6.07, 6.45) is 0.988. The van der Waals surface area contributed by atoms with E-state index >= 15 is 0 Å². The summed E-state index contributed by atoms with van der Waals surface area (Å²) >= 11 is 0. The lowest BCUT2D eigenvalue weighted by atomic mass is 10.0. The summed E-state index contributed by atoms with van der Waals surface area (Å²) < 4.78 is 0. The fourth-order valence-electron chi connectivity index (χ4n) is 1.55. The molecule has 0 radical (unpaired) electrons. The summed E-state index contributed by atoms with van der Waals surface area (Å²) in [6.45, 7) is 3.63. The van der Waals surface area contributed by atoms with Gasteiger partial charge in [-0.2, -0.15) is 0 Å². The Balaban J connectivity index is 2.79. The van der Waals surface area contributed by atoms with Crippen molar-refractivity contribution in [1.29, 1.82) is 0 Å². The molecule has 0 aliphatic rings. The Bertz CT molecular complexity index is 348. The van der Waals surface area contributed by atoms with Crippen molar-refractivity contribution in [3.05, 3.63) is 47.9 Å². The average molecular weight is 221 g/mol. The monoisotopic (exact) mass is 221 g/mol. The van der Waals surface area contributed by atoms with E-state index in [-0.39, 0.29) is 11.9 Å². The van der Waals surface area contributed by atoms with Gasteiger partial charge in [-0.3, -0.25) is 0 Å². The van der Waals surface area contributed by atoms with Gasteiger partial charge in [-0.25, -0.2) is 0 Å². The van der Waals surface area contributed by atoms with Crippen molar-refractivity contribution in [2.24, 2.45) is 0 Å². The van der Waals surface area contributed by atoms with Crippen LogP contribution in [0.2, 0.25) is 0 Å². The molecule has 2 atom stereocenters. The van der Waals surface area contributed by atoms with Crippen LogP contribution in [0.1, 0.15) is 25.5 Å². The maximum absolute atomic E-state index is 10.1. The van der Waals surface area contributed by atoms with Crippen molar-refractivity contribution in [2.75, 3.05) is 7.05 Å². The van der Waals surface area contributed by atoms with E-state index < -0.39 is 6.10 Å². The van der Waals surface area contributed by atoms with Crippen LogP contribution in [0.4, 0.5) is 0 Å². The molecule has 0 fully saturated rings. The van der Waals surface area contributed by atoms with Crippen LogP contribution < -0.4 is 0 Å². The smallest absolute Gasteiger partial charge is 0.182 e. The minimum atomic E-state index is -0.617. The fourth-order valence-corrected chi connectivity index (χ4v) is 1.55. The van der Waals surface area contributed by atoms with E-state index in [1.807, 2.05) is 37.3 Å². The topological polar surface area (TPSA) is 43.7 Å². The SMILES string of the molecule is C/C=C(\O)N(C)[C@@H](C)[C@@H](O)c1ccccc1. The predicted octanol–water partition coefficient (Wildman–Crippen LogP) is 2.46. The van der Waals surface area contributed by atoms with Gasteiger partial charge in [0.25, 0.3) is 0 Å². The van der Waals surface area contributed by atoms with Crippen LogP contribution in [-0.4, -0.2) is 28.2 Å². The largest absolute Gasteiger partial charge is 0.495 e. The molecular weight excluding hydrogens is 202 g/mol. The van der Waals surface area contributed by atoms with Crippen molar-refractivity contribution in [2.45, 2.75) is 26.0 Å². The molecule has 0 bridgehead atoms. The molecule has 0 saturated heterocycles. The molecule has 0 unspecified atom stereocenters. The van der Waals surface area contributed by atoms with Gasteiger partial charge in [0.1, 0.15) is 0 Å². The zero-order valence-corrected chi connectivity index (χ0v) is 9.96. The lowest BCUT2D eigenvalue weighted by molar-refractivity contribution is 0.0634. The standard InChI is InChI=1S/C13H19NO2/c1-4-12(15)14(3)10(2)13(16)11-8-6-5-7-9-11/h4-10,13,15-16H,1-3H3/b12-4-/t10-,13+/m0/s1. The van der Waals surface area contributed by atoms with E-state index in [0.717, 1.165) is 5.56 Å². The van der Waals surface area contributed by atoms with Crippen LogP contribution in [-0.2, 0) is 0 Å². The molecule has 0 aromatic heterocycles. The molecule has 0 spiro atoms. The number of nitrogens with zero attached hydrogens (tertiary/aromatic N) is 1. The van der Waals surface area contributed by atoms with Crippen molar-refractivity contribution in [3.63, 3.8) is 0 Å². The van der Waals surface area contributed by atoms with Gasteiger partial charge in [-0.05, 0) is 25.5 Å². The van der Waals surface area contributed by atoms with Gasteiger partial charge in [-0.15, -0.1) is 0 Å². The van der Waals surface area contributed by atoms with E-state index in [1.165, 1.54) is 0 Å². The van der Waals surface area contributed by atoms with E-state index in [2.05, 4.69) is 0 Å². The molecular formula is C13H19NO2. The normalized spacial score (nSPS) is 15.6. The van der Waals surface area contributed by atoms with Crippen LogP contribution in [0.25, 0.3) is 0 Å². The first-order valence-electron chi connectivity index (χ1n) is 5.39. The molecule has 0 saturated carbocycles. The number of rotatable bonds is 4. The first-order valence-corrected chi connectivity index (χ1v) is 5.39. The quantitative estimate of drug-likeness (QED) is 0.768. The molecule has 0 heterocycles. The van der Waals surface area contributed by atoms with Crippen LogP contribution in [0, 0.1) is 0 Å². The molecule has 16 heavy (non-hydrogen) atoms. The summed E-state index contributed by atoms with van der Waals surface area (Å²) in [5.74, 6) is 0.169. The third kappa shape index (κ3) is 2.76. The Hall–Kier alpha value is -1.48. The summed E-state index contributed by atoms with van der Waals surface area (Å²) in [6, 6.07) is 9.26. The highest BCUT2D eigenvalue weighted by Gasteiger charge is 2.21. The maximum Gasteiger partial charge on any atom is 0.182 e. The third-order valence-corrected chi connectivity index (χ3v) is 2.83. The molecule has 0 amide bonds. The van der Waals surface area contributed by atoms with Gasteiger partial charge < -0.3 is 15.1 Å². The van der Waals surface area contributed by atoms with Crippen molar-refractivity contribution in [3.8, 4) is 0 Å². The van der Waals surface area contributed by atoms with Crippen molar-refractivity contribution >= 4 is 0 Å². The average Bonchev–Trinajstić information content (AvgIpc) is 2.36. The summed E-state index contributed by atoms with van der Waals surface area (Å²) in [5, 5.41) is 19.7. The second-order valence-corrected chi connectivity index (χ2v) is 3.85. The number of allylic oxidation sites excluding steroid dienone is 1. The van der Waals surface area contributed by atoms with Crippen LogP contribution in [0.5, 0.6) is 0 Å². The van der Waals surface area contributed by atoms with Gasteiger partial charge in [0, 0.05) is 7.05 Å². The summed E-state index contributed by atoms with van der Waals surface area (Å²) in [7, 11) is 1.76. The number of likely N-dealkylation sites (N-methyl/N-ethyl adjacent to an activating group) is 1. The van der Waals surface area contributed by atoms with E-state index in [0.29, 0.717) is 0 Å². The van der Waals surface area contributed by atoms with Crippen LogP contribution in [0.15, 0.2) is 42.3 Å².